The maximum Gasteiger partial charge on any atom is 0.305 e. The monoisotopic (exact) mass is 1650 g/mol. The predicted octanol–water partition coefficient (Wildman–Crippen LogP) is 4.07. The van der Waals surface area contributed by atoms with Crippen molar-refractivity contribution < 1.29 is 77.3 Å². The van der Waals surface area contributed by atoms with Gasteiger partial charge in [-0.25, -0.2) is 0 Å². The van der Waals surface area contributed by atoms with Crippen molar-refractivity contribution in [3.05, 3.63) is 156 Å². The van der Waals surface area contributed by atoms with E-state index in [2.05, 4.69) is 63.2 Å². The molecular formula is C86H114N18O16. The van der Waals surface area contributed by atoms with Crippen molar-refractivity contribution in [2.45, 2.75) is 181 Å². The molecule has 20 N–H and O–H groups in total. The van der Waals surface area contributed by atoms with Crippen molar-refractivity contribution in [1.29, 1.82) is 0 Å². The van der Waals surface area contributed by atoms with Crippen LogP contribution in [0.2, 0.25) is 0 Å². The van der Waals surface area contributed by atoms with Gasteiger partial charge >= 0.3 is 11.9 Å². The molecule has 2 fully saturated rings. The summed E-state index contributed by atoms with van der Waals surface area (Å²) in [4.78, 5) is 195. The lowest BCUT2D eigenvalue weighted by Gasteiger charge is -2.33. The number of guanidine groups is 2. The van der Waals surface area contributed by atoms with Crippen molar-refractivity contribution in [3.63, 3.8) is 0 Å². The molecule has 0 unspecified atom stereocenters. The molecule has 0 bridgehead atoms. The van der Waals surface area contributed by atoms with Gasteiger partial charge in [0.25, 0.3) is 11.8 Å². The van der Waals surface area contributed by atoms with Crippen molar-refractivity contribution in [1.82, 2.24) is 52.3 Å². The van der Waals surface area contributed by atoms with Gasteiger partial charge in [-0.05, 0) is 143 Å². The molecule has 120 heavy (non-hydrogen) atoms. The van der Waals surface area contributed by atoms with E-state index < -0.39 is 144 Å². The molecule has 6 aromatic carbocycles. The molecule has 644 valence electrons. The van der Waals surface area contributed by atoms with Gasteiger partial charge in [0.05, 0.1) is 25.7 Å². The largest absolute Gasteiger partial charge is 0.481 e. The number of carboxylic acids is 2. The van der Waals surface area contributed by atoms with Gasteiger partial charge in [0.1, 0.15) is 48.3 Å². The molecular weight excluding hydrogens is 1540 g/mol. The van der Waals surface area contributed by atoms with Gasteiger partial charge in [-0.1, -0.05) is 153 Å². The van der Waals surface area contributed by atoms with E-state index in [0.717, 1.165) is 21.5 Å². The van der Waals surface area contributed by atoms with E-state index >= 15 is 0 Å². The van der Waals surface area contributed by atoms with Crippen LogP contribution < -0.4 is 76.1 Å². The SMILES string of the molecule is CC[C@H](C)[C@@H](C(=O)N[C@@H](CC(=O)O)C(=O)N[C@@H](CCCN=C(N)N)C(=O)NCC(C)C)N1CC[C@@H](NC(=O)Cc2ccc(NC(=O)c3ccc4ccccc4c3)cc2)C1=O.CC[C@H](C)[C@@H](C(=O)N[C@@H](CC(=O)O)C(=O)N[C@@H](CCCN=C(N)N)C(=O)NCC(C)C)N1CC[C@H](NC(=O)Cc2ccc(NC(=O)c3ccc4ccccc4c3)cc2)C1=O. The Morgan fingerprint density at radius 2 is 0.783 bits per heavy atom. The Kier molecular flexibility index (Phi) is 36.2. The number of aliphatic imine (C=N–C) groups is 2. The minimum absolute atomic E-state index is 0.0469. The minimum atomic E-state index is -1.58. The number of nitrogens with two attached hydrogens (primary N) is 4. The minimum Gasteiger partial charge on any atom is -0.481 e. The summed E-state index contributed by atoms with van der Waals surface area (Å²) in [7, 11) is 0. The lowest BCUT2D eigenvalue weighted by Crippen LogP contribution is -2.59. The molecule has 12 amide bonds. The Labute approximate surface area is 697 Å². The maximum absolute atomic E-state index is 13.9. The Bertz CT molecular complexity index is 4390. The molecule has 0 aromatic heterocycles. The molecule has 6 aromatic rings. The molecule has 34 heteroatoms. The number of carbonyl (C=O) groups is 14. The molecule has 8 rings (SSSR count). The third-order valence-electron chi connectivity index (χ3n) is 20.5. The van der Waals surface area contributed by atoms with Crippen LogP contribution in [0.3, 0.4) is 0 Å². The summed E-state index contributed by atoms with van der Waals surface area (Å²) in [5.74, 6) is -10.2. The summed E-state index contributed by atoms with van der Waals surface area (Å²) in [6, 6.07) is 30.7. The van der Waals surface area contributed by atoms with Crippen LogP contribution >= 0.6 is 0 Å². The molecule has 2 saturated heterocycles. The highest BCUT2D eigenvalue weighted by molar-refractivity contribution is 6.08. The molecule has 2 aliphatic rings. The zero-order valence-electron chi connectivity index (χ0n) is 69.1. The van der Waals surface area contributed by atoms with E-state index in [1.54, 1.807) is 74.5 Å². The van der Waals surface area contributed by atoms with Crippen LogP contribution in [0.1, 0.15) is 151 Å². The Balaban J connectivity index is 0.000000331. The van der Waals surface area contributed by atoms with Crippen molar-refractivity contribution in [3.8, 4) is 0 Å². The van der Waals surface area contributed by atoms with Crippen LogP contribution in [0.15, 0.2) is 143 Å². The molecule has 10 atom stereocenters. The Morgan fingerprint density at radius 3 is 1.11 bits per heavy atom. The summed E-state index contributed by atoms with van der Waals surface area (Å²) >= 11 is 0. The standard InChI is InChI=1S/2C43H57N9O8/c2*1-5-26(4)37(41(59)51-34(23-36(54)55)40(58)50-32(11-8-19-46-43(44)45)39(57)47-24-25(2)3)52-20-18-33(42(52)60)49-35(53)21-27-12-16-31(17-13-27)48-38(56)30-15-14-28-9-6-7-10-29(28)22-30/h2*6-7,9-10,12-17,22,25-26,32-34,37H,5,8,11,18-21,23-24H2,1-4H3,(H,47,57)(H,48,56)(H,49,53)(H,50,58)(H,51,59)(H,54,55)(H4,44,45,46)/t26-,32-,33+,34-,37-;26-,32-,33-,34-,37-/m00/s1. The number of rotatable bonds is 42. The molecule has 0 aliphatic carbocycles. The number of carbonyl (C=O) groups excluding carboxylic acids is 12. The van der Waals surface area contributed by atoms with Crippen LogP contribution in [-0.2, 0) is 70.4 Å². The van der Waals surface area contributed by atoms with Gasteiger partial charge in [-0.3, -0.25) is 77.1 Å². The van der Waals surface area contributed by atoms with Crippen LogP contribution in [-0.4, -0.2) is 202 Å². The highest BCUT2D eigenvalue weighted by atomic mass is 16.4. The second-order valence-corrected chi connectivity index (χ2v) is 30.9. The quantitative estimate of drug-likeness (QED) is 0.0146. The molecule has 34 nitrogen and oxygen atoms in total. The first kappa shape index (κ1) is 94.1. The number of fused-ring (bicyclic) bond motifs is 2. The van der Waals surface area contributed by atoms with E-state index in [9.17, 15) is 77.3 Å². The summed E-state index contributed by atoms with van der Waals surface area (Å²) in [6.45, 7) is 16.1. The van der Waals surface area contributed by atoms with Crippen LogP contribution in [0, 0.1) is 23.7 Å². The number of benzene rings is 6. The smallest absolute Gasteiger partial charge is 0.305 e. The van der Waals surface area contributed by atoms with E-state index in [0.29, 0.717) is 72.4 Å². The zero-order valence-corrected chi connectivity index (χ0v) is 69.1. The summed E-state index contributed by atoms with van der Waals surface area (Å²) < 4.78 is 0. The van der Waals surface area contributed by atoms with Gasteiger partial charge in [-0.2, -0.15) is 0 Å². The van der Waals surface area contributed by atoms with Gasteiger partial charge < -0.3 is 96.1 Å². The highest BCUT2D eigenvalue weighted by Gasteiger charge is 2.45. The molecule has 0 spiro atoms. The van der Waals surface area contributed by atoms with Gasteiger partial charge in [0.2, 0.25) is 59.1 Å². The highest BCUT2D eigenvalue weighted by Crippen LogP contribution is 2.27. The van der Waals surface area contributed by atoms with Crippen molar-refractivity contribution in [2.24, 2.45) is 56.6 Å². The molecule has 2 aliphatic heterocycles. The summed E-state index contributed by atoms with van der Waals surface area (Å²) in [5.41, 5.74) is 25.0. The molecule has 0 saturated carbocycles. The topological polar surface area (TPSA) is 535 Å². The third kappa shape index (κ3) is 29.2. The fourth-order valence-electron chi connectivity index (χ4n) is 13.7. The summed E-state index contributed by atoms with van der Waals surface area (Å²) in [6.07, 6.45) is 0.574. The maximum atomic E-state index is 13.9. The van der Waals surface area contributed by atoms with E-state index in [1.165, 1.54) is 9.80 Å². The number of hydrogen-bond acceptors (Lipinski definition) is 16. The van der Waals surface area contributed by atoms with Crippen molar-refractivity contribution in [2.75, 3.05) is 49.9 Å². The summed E-state index contributed by atoms with van der Waals surface area (Å²) in [5, 5.41) is 50.3. The van der Waals surface area contributed by atoms with Crippen LogP contribution in [0.5, 0.6) is 0 Å². The second kappa shape index (κ2) is 46.2. The number of carboxylic acid groups (broad SMARTS) is 2. The van der Waals surface area contributed by atoms with Crippen LogP contribution in [0.25, 0.3) is 21.5 Å². The average Bonchev–Trinajstić information content (AvgIpc) is 1.64. The van der Waals surface area contributed by atoms with Gasteiger partial charge in [0.15, 0.2) is 11.9 Å². The molecule has 2 heterocycles. The van der Waals surface area contributed by atoms with Gasteiger partial charge in [-0.15, -0.1) is 0 Å². The zero-order chi connectivity index (χ0) is 87.9. The van der Waals surface area contributed by atoms with Crippen LogP contribution in [0.4, 0.5) is 11.4 Å². The number of hydrogen-bond donors (Lipinski definition) is 16. The first-order valence-corrected chi connectivity index (χ1v) is 40.4. The number of nitrogens with zero attached hydrogens (tertiary/aromatic N) is 4. The first-order chi connectivity index (χ1) is 57.1. The first-order valence-electron chi connectivity index (χ1n) is 40.4. The fraction of sp³-hybridized carbons (Fsp3) is 0.442. The number of amides is 12. The normalized spacial score (nSPS) is 15.7. The Hall–Kier alpha value is -13.0. The number of aliphatic carboxylic acids is 2. The lowest BCUT2D eigenvalue weighted by atomic mass is 9.96. The Morgan fingerprint density at radius 1 is 0.442 bits per heavy atom. The van der Waals surface area contributed by atoms with Crippen molar-refractivity contribution >= 4 is 128 Å². The van der Waals surface area contributed by atoms with E-state index in [4.69, 9.17) is 22.9 Å². The number of anilines is 2. The van der Waals surface area contributed by atoms with E-state index in [1.807, 2.05) is 114 Å². The lowest BCUT2D eigenvalue weighted by molar-refractivity contribution is -0.144. The number of nitrogens with one attached hydrogen (secondary N) is 10. The predicted molar refractivity (Wildman–Crippen MR) is 455 cm³/mol. The average molecular weight is 1660 g/mol. The fourth-order valence-corrected chi connectivity index (χ4v) is 13.7. The third-order valence-corrected chi connectivity index (χ3v) is 20.5. The second-order valence-electron chi connectivity index (χ2n) is 30.9. The molecule has 0 radical (unpaired) electrons. The van der Waals surface area contributed by atoms with E-state index in [-0.39, 0.29) is 100 Å². The number of likely N-dealkylation sites (tertiary alicyclic amines) is 2. The van der Waals surface area contributed by atoms with Gasteiger partial charge in [0, 0.05) is 61.8 Å².